The van der Waals surface area contributed by atoms with Crippen LogP contribution in [0.25, 0.3) is 0 Å². The Morgan fingerprint density at radius 2 is 1.85 bits per heavy atom. The third-order valence-corrected chi connectivity index (χ3v) is 2.95. The van der Waals surface area contributed by atoms with Gasteiger partial charge in [0.1, 0.15) is 0 Å². The molecule has 2 rings (SSSR count). The molecule has 0 radical (unpaired) electrons. The van der Waals surface area contributed by atoms with Gasteiger partial charge < -0.3 is 11.1 Å². The predicted molar refractivity (Wildman–Crippen MR) is 77.8 cm³/mol. The number of carbonyl (C=O) groups is 1. The lowest BCUT2D eigenvalue weighted by molar-refractivity contribution is -0.117. The third kappa shape index (κ3) is 3.59. The summed E-state index contributed by atoms with van der Waals surface area (Å²) in [5.41, 5.74) is 8.60. The maximum absolute atomic E-state index is 10.8. The standard InChI is InChI=1S/C16H15N3O/c17-10-13-3-1-2-4-14(13)11-19-15-7-5-12(6-8-15)9-16(18)20/h1-8,19H,9,11H2,(H2,18,20). The van der Waals surface area contributed by atoms with Crippen LogP contribution in [-0.4, -0.2) is 5.91 Å². The summed E-state index contributed by atoms with van der Waals surface area (Å²) in [6.45, 7) is 0.582. The van der Waals surface area contributed by atoms with Crippen molar-refractivity contribution in [2.45, 2.75) is 13.0 Å². The number of anilines is 1. The molecule has 4 nitrogen and oxygen atoms in total. The largest absolute Gasteiger partial charge is 0.381 e. The highest BCUT2D eigenvalue weighted by molar-refractivity contribution is 5.76. The molecule has 0 bridgehead atoms. The minimum absolute atomic E-state index is 0.248. The van der Waals surface area contributed by atoms with E-state index in [4.69, 9.17) is 11.0 Å². The molecule has 0 saturated heterocycles. The lowest BCUT2D eigenvalue weighted by Crippen LogP contribution is -2.13. The molecule has 0 aliphatic heterocycles. The fraction of sp³-hybridized carbons (Fsp3) is 0.125. The van der Waals surface area contributed by atoms with E-state index in [0.717, 1.165) is 16.8 Å². The van der Waals surface area contributed by atoms with Gasteiger partial charge in [-0.2, -0.15) is 5.26 Å². The number of primary amides is 1. The van der Waals surface area contributed by atoms with Crippen molar-refractivity contribution in [3.63, 3.8) is 0 Å². The number of nitriles is 1. The molecule has 4 heteroatoms. The number of carbonyl (C=O) groups excluding carboxylic acids is 1. The molecule has 0 heterocycles. The molecule has 0 aromatic heterocycles. The van der Waals surface area contributed by atoms with Crippen molar-refractivity contribution >= 4 is 11.6 Å². The van der Waals surface area contributed by atoms with Crippen molar-refractivity contribution in [1.29, 1.82) is 5.26 Å². The highest BCUT2D eigenvalue weighted by Crippen LogP contribution is 2.13. The fourth-order valence-electron chi connectivity index (χ4n) is 1.92. The molecule has 2 aromatic carbocycles. The second-order valence-electron chi connectivity index (χ2n) is 4.46. The van der Waals surface area contributed by atoms with Crippen LogP contribution in [0.2, 0.25) is 0 Å². The van der Waals surface area contributed by atoms with Gasteiger partial charge in [-0.3, -0.25) is 4.79 Å². The number of nitrogens with zero attached hydrogens (tertiary/aromatic N) is 1. The first kappa shape index (κ1) is 13.6. The second-order valence-corrected chi connectivity index (χ2v) is 4.46. The van der Waals surface area contributed by atoms with Crippen LogP contribution in [0.3, 0.4) is 0 Å². The van der Waals surface area contributed by atoms with Gasteiger partial charge in [-0.15, -0.1) is 0 Å². The predicted octanol–water partition coefficient (Wildman–Crippen LogP) is 2.20. The maximum atomic E-state index is 10.8. The van der Waals surface area contributed by atoms with E-state index in [1.165, 1.54) is 0 Å². The first-order valence-electron chi connectivity index (χ1n) is 6.28. The van der Waals surface area contributed by atoms with E-state index >= 15 is 0 Å². The van der Waals surface area contributed by atoms with E-state index in [2.05, 4.69) is 11.4 Å². The Hall–Kier alpha value is -2.80. The van der Waals surface area contributed by atoms with Gasteiger partial charge in [-0.1, -0.05) is 30.3 Å². The zero-order chi connectivity index (χ0) is 14.4. The average Bonchev–Trinajstić information content (AvgIpc) is 2.46. The van der Waals surface area contributed by atoms with Gasteiger partial charge in [0.2, 0.25) is 5.91 Å². The highest BCUT2D eigenvalue weighted by Gasteiger charge is 2.01. The lowest BCUT2D eigenvalue weighted by atomic mass is 10.1. The van der Waals surface area contributed by atoms with Crippen LogP contribution in [0.15, 0.2) is 48.5 Å². The van der Waals surface area contributed by atoms with Gasteiger partial charge in [0.25, 0.3) is 0 Å². The molecular formula is C16H15N3O. The number of hydrogen-bond acceptors (Lipinski definition) is 3. The first-order valence-corrected chi connectivity index (χ1v) is 6.28. The number of amides is 1. The number of nitrogens with two attached hydrogens (primary N) is 1. The quantitative estimate of drug-likeness (QED) is 0.869. The Labute approximate surface area is 117 Å². The molecule has 100 valence electrons. The van der Waals surface area contributed by atoms with E-state index in [1.807, 2.05) is 42.5 Å². The first-order chi connectivity index (χ1) is 9.69. The van der Waals surface area contributed by atoms with Crippen molar-refractivity contribution in [3.8, 4) is 6.07 Å². The van der Waals surface area contributed by atoms with Gasteiger partial charge in [-0.05, 0) is 29.3 Å². The van der Waals surface area contributed by atoms with Crippen LogP contribution < -0.4 is 11.1 Å². The van der Waals surface area contributed by atoms with Gasteiger partial charge in [-0.25, -0.2) is 0 Å². The SMILES string of the molecule is N#Cc1ccccc1CNc1ccc(CC(N)=O)cc1. The van der Waals surface area contributed by atoms with Gasteiger partial charge in [0.05, 0.1) is 18.1 Å². The van der Waals surface area contributed by atoms with E-state index < -0.39 is 0 Å². The maximum Gasteiger partial charge on any atom is 0.221 e. The monoisotopic (exact) mass is 265 g/mol. The molecule has 0 unspecified atom stereocenters. The molecule has 0 spiro atoms. The Morgan fingerprint density at radius 1 is 1.15 bits per heavy atom. The van der Waals surface area contributed by atoms with Crippen LogP contribution in [0.1, 0.15) is 16.7 Å². The molecule has 2 aromatic rings. The van der Waals surface area contributed by atoms with E-state index in [-0.39, 0.29) is 12.3 Å². The normalized spacial score (nSPS) is 9.75. The summed E-state index contributed by atoms with van der Waals surface area (Å²) in [5.74, 6) is -0.339. The van der Waals surface area contributed by atoms with Crippen LogP contribution in [0, 0.1) is 11.3 Å². The molecule has 0 aliphatic rings. The molecule has 0 aliphatic carbocycles. The summed E-state index contributed by atoms with van der Waals surface area (Å²) in [4.78, 5) is 10.8. The number of hydrogen-bond donors (Lipinski definition) is 2. The van der Waals surface area contributed by atoms with Gasteiger partial charge in [0.15, 0.2) is 0 Å². The summed E-state index contributed by atoms with van der Waals surface area (Å²) in [5, 5.41) is 12.3. The number of nitrogens with one attached hydrogen (secondary N) is 1. The third-order valence-electron chi connectivity index (χ3n) is 2.95. The molecule has 0 fully saturated rings. The lowest BCUT2D eigenvalue weighted by Gasteiger charge is -2.08. The van der Waals surface area contributed by atoms with Crippen LogP contribution in [0.4, 0.5) is 5.69 Å². The Bertz CT molecular complexity index is 642. The second kappa shape index (κ2) is 6.39. The summed E-state index contributed by atoms with van der Waals surface area (Å²) < 4.78 is 0. The van der Waals surface area contributed by atoms with Crippen LogP contribution in [0.5, 0.6) is 0 Å². The molecule has 20 heavy (non-hydrogen) atoms. The van der Waals surface area contributed by atoms with Crippen molar-refractivity contribution in [2.24, 2.45) is 5.73 Å². The molecule has 3 N–H and O–H groups in total. The molecule has 0 saturated carbocycles. The number of benzene rings is 2. The van der Waals surface area contributed by atoms with E-state index in [9.17, 15) is 4.79 Å². The van der Waals surface area contributed by atoms with E-state index in [1.54, 1.807) is 6.07 Å². The highest BCUT2D eigenvalue weighted by atomic mass is 16.1. The number of rotatable bonds is 5. The summed E-state index contributed by atoms with van der Waals surface area (Å²) >= 11 is 0. The molecule has 0 atom stereocenters. The summed E-state index contributed by atoms with van der Waals surface area (Å²) in [7, 11) is 0. The van der Waals surface area contributed by atoms with Crippen LogP contribution in [-0.2, 0) is 17.8 Å². The topological polar surface area (TPSA) is 78.9 Å². The van der Waals surface area contributed by atoms with Crippen molar-refractivity contribution in [3.05, 3.63) is 65.2 Å². The van der Waals surface area contributed by atoms with E-state index in [0.29, 0.717) is 12.1 Å². The minimum atomic E-state index is -0.339. The van der Waals surface area contributed by atoms with Gasteiger partial charge in [0, 0.05) is 12.2 Å². The summed E-state index contributed by atoms with van der Waals surface area (Å²) in [6, 6.07) is 17.2. The van der Waals surface area contributed by atoms with Crippen LogP contribution >= 0.6 is 0 Å². The van der Waals surface area contributed by atoms with Crippen molar-refractivity contribution in [1.82, 2.24) is 0 Å². The smallest absolute Gasteiger partial charge is 0.221 e. The van der Waals surface area contributed by atoms with Crippen molar-refractivity contribution < 1.29 is 4.79 Å². The molecule has 1 amide bonds. The Balaban J connectivity index is 2.01. The zero-order valence-corrected chi connectivity index (χ0v) is 11.0. The fourth-order valence-corrected chi connectivity index (χ4v) is 1.92. The minimum Gasteiger partial charge on any atom is -0.381 e. The average molecular weight is 265 g/mol. The zero-order valence-electron chi connectivity index (χ0n) is 11.0. The van der Waals surface area contributed by atoms with Crippen molar-refractivity contribution in [2.75, 3.05) is 5.32 Å². The summed E-state index contributed by atoms with van der Waals surface area (Å²) in [6.07, 6.45) is 0.248. The Morgan fingerprint density at radius 3 is 2.50 bits per heavy atom. The molecular weight excluding hydrogens is 250 g/mol. The Kier molecular flexibility index (Phi) is 4.35. The van der Waals surface area contributed by atoms with Gasteiger partial charge >= 0.3 is 0 Å².